The minimum atomic E-state index is -0.453. The highest BCUT2D eigenvalue weighted by Gasteiger charge is 2.33. The number of nitrogens with one attached hydrogen (secondary N) is 1. The van der Waals surface area contributed by atoms with Crippen LogP contribution >= 0.6 is 0 Å². The third kappa shape index (κ3) is 2.05. The van der Waals surface area contributed by atoms with Gasteiger partial charge in [0.05, 0.1) is 19.3 Å². The molecule has 2 fully saturated rings. The van der Waals surface area contributed by atoms with Gasteiger partial charge in [0.2, 0.25) is 5.91 Å². The summed E-state index contributed by atoms with van der Waals surface area (Å²) in [6.07, 6.45) is 2.42. The molecule has 0 aromatic carbocycles. The van der Waals surface area contributed by atoms with Gasteiger partial charge in [-0.25, -0.2) is 0 Å². The van der Waals surface area contributed by atoms with Crippen LogP contribution in [0.25, 0.3) is 0 Å². The Labute approximate surface area is 83.0 Å². The second-order valence-corrected chi connectivity index (χ2v) is 3.85. The Morgan fingerprint density at radius 1 is 1.50 bits per heavy atom. The number of nitrogens with zero attached hydrogens (tertiary/aromatic N) is 1. The fourth-order valence-electron chi connectivity index (χ4n) is 1.91. The molecule has 2 heterocycles. The van der Waals surface area contributed by atoms with Crippen molar-refractivity contribution in [2.24, 2.45) is 0 Å². The lowest BCUT2D eigenvalue weighted by atomic mass is 10.1. The molecule has 2 rings (SSSR count). The van der Waals surface area contributed by atoms with Gasteiger partial charge in [-0.05, 0) is 19.3 Å². The second-order valence-electron chi connectivity index (χ2n) is 3.85. The molecular weight excluding hydrogens is 184 g/mol. The Balaban J connectivity index is 1.97. The summed E-state index contributed by atoms with van der Waals surface area (Å²) < 4.78 is 0. The van der Waals surface area contributed by atoms with Gasteiger partial charge in [-0.3, -0.25) is 9.63 Å². The maximum absolute atomic E-state index is 11.6. The van der Waals surface area contributed by atoms with Crippen molar-refractivity contribution in [3.8, 4) is 0 Å². The van der Waals surface area contributed by atoms with Gasteiger partial charge in [0.25, 0.3) is 0 Å². The highest BCUT2D eigenvalue weighted by atomic mass is 16.7. The van der Waals surface area contributed by atoms with Crippen molar-refractivity contribution in [3.63, 3.8) is 0 Å². The topological polar surface area (TPSA) is 61.8 Å². The molecule has 0 aromatic rings. The molecule has 1 amide bonds. The van der Waals surface area contributed by atoms with Gasteiger partial charge in [0.15, 0.2) is 0 Å². The Morgan fingerprint density at radius 3 is 3.07 bits per heavy atom. The zero-order chi connectivity index (χ0) is 9.97. The first-order valence-corrected chi connectivity index (χ1v) is 5.12. The molecule has 0 aliphatic carbocycles. The van der Waals surface area contributed by atoms with E-state index >= 15 is 0 Å². The molecule has 14 heavy (non-hydrogen) atoms. The lowest BCUT2D eigenvalue weighted by Gasteiger charge is -2.22. The molecule has 2 saturated heterocycles. The van der Waals surface area contributed by atoms with E-state index in [1.807, 2.05) is 0 Å². The summed E-state index contributed by atoms with van der Waals surface area (Å²) in [4.78, 5) is 16.8. The average Bonchev–Trinajstić information content (AvgIpc) is 2.46. The number of rotatable bonds is 1. The van der Waals surface area contributed by atoms with Crippen LogP contribution in [0.5, 0.6) is 0 Å². The van der Waals surface area contributed by atoms with Crippen LogP contribution in [0.3, 0.4) is 0 Å². The van der Waals surface area contributed by atoms with Crippen molar-refractivity contribution in [1.29, 1.82) is 0 Å². The van der Waals surface area contributed by atoms with E-state index in [0.717, 1.165) is 25.8 Å². The van der Waals surface area contributed by atoms with E-state index in [1.54, 1.807) is 5.06 Å². The number of hydroxylamine groups is 2. The van der Waals surface area contributed by atoms with Gasteiger partial charge in [0.1, 0.15) is 6.04 Å². The van der Waals surface area contributed by atoms with Crippen LogP contribution in [0, 0.1) is 0 Å². The van der Waals surface area contributed by atoms with Gasteiger partial charge < -0.3 is 10.4 Å². The van der Waals surface area contributed by atoms with Gasteiger partial charge in [-0.1, -0.05) is 0 Å². The summed E-state index contributed by atoms with van der Waals surface area (Å²) in [5.74, 6) is 0.0246. The van der Waals surface area contributed by atoms with Gasteiger partial charge in [-0.2, -0.15) is 5.06 Å². The molecule has 0 saturated carbocycles. The van der Waals surface area contributed by atoms with Crippen molar-refractivity contribution in [3.05, 3.63) is 0 Å². The van der Waals surface area contributed by atoms with E-state index in [0.29, 0.717) is 13.2 Å². The summed E-state index contributed by atoms with van der Waals surface area (Å²) in [7, 11) is 0. The lowest BCUT2D eigenvalue weighted by Crippen LogP contribution is -2.44. The first kappa shape index (κ1) is 9.89. The minimum absolute atomic E-state index is 0.0246. The molecule has 0 aromatic heterocycles. The molecule has 80 valence electrons. The normalized spacial score (nSPS) is 35.4. The van der Waals surface area contributed by atoms with Crippen molar-refractivity contribution in [1.82, 2.24) is 10.4 Å². The molecule has 5 nitrogen and oxygen atoms in total. The first-order valence-electron chi connectivity index (χ1n) is 5.12. The highest BCUT2D eigenvalue weighted by Crippen LogP contribution is 2.17. The molecule has 0 radical (unpaired) electrons. The number of carbonyl (C=O) groups excluding carboxylic acids is 1. The smallest absolute Gasteiger partial charge is 0.239 e. The van der Waals surface area contributed by atoms with Crippen LogP contribution < -0.4 is 5.32 Å². The Bertz CT molecular complexity index is 222. The number of hydrogen-bond donors (Lipinski definition) is 2. The first-order chi connectivity index (χ1) is 6.77. The Hall–Kier alpha value is -0.650. The van der Waals surface area contributed by atoms with Crippen LogP contribution in [0.4, 0.5) is 0 Å². The number of carbonyl (C=O) groups is 1. The van der Waals surface area contributed by atoms with Gasteiger partial charge in [-0.15, -0.1) is 0 Å². The maximum atomic E-state index is 11.6. The number of amides is 1. The molecule has 1 unspecified atom stereocenters. The van der Waals surface area contributed by atoms with Crippen molar-refractivity contribution in [2.75, 3.05) is 19.7 Å². The SMILES string of the molecule is O=C1NCCCCC1N1C[C@@H](O)CO1. The van der Waals surface area contributed by atoms with Crippen molar-refractivity contribution >= 4 is 5.91 Å². The molecule has 0 bridgehead atoms. The molecular formula is C9H16N2O3. The number of aliphatic hydroxyl groups excluding tert-OH is 1. The van der Waals surface area contributed by atoms with Crippen molar-refractivity contribution < 1.29 is 14.7 Å². The van der Waals surface area contributed by atoms with E-state index < -0.39 is 6.10 Å². The highest BCUT2D eigenvalue weighted by molar-refractivity contribution is 5.81. The Morgan fingerprint density at radius 2 is 2.36 bits per heavy atom. The number of β-amino-alcohol motifs (C(OH)–C–C–N with tert-alkyl or cyclic N) is 1. The predicted molar refractivity (Wildman–Crippen MR) is 49.3 cm³/mol. The molecule has 2 aliphatic heterocycles. The maximum Gasteiger partial charge on any atom is 0.239 e. The van der Waals surface area contributed by atoms with E-state index in [-0.39, 0.29) is 11.9 Å². The van der Waals surface area contributed by atoms with E-state index in [1.165, 1.54) is 0 Å². The quantitative estimate of drug-likeness (QED) is 0.585. The summed E-state index contributed by atoms with van der Waals surface area (Å²) in [5.41, 5.74) is 0. The van der Waals surface area contributed by atoms with Crippen LogP contribution in [-0.2, 0) is 9.63 Å². The lowest BCUT2D eigenvalue weighted by molar-refractivity contribution is -0.161. The van der Waals surface area contributed by atoms with Crippen LogP contribution in [0.15, 0.2) is 0 Å². The third-order valence-corrected chi connectivity index (χ3v) is 2.68. The third-order valence-electron chi connectivity index (χ3n) is 2.68. The van der Waals surface area contributed by atoms with E-state index in [4.69, 9.17) is 4.84 Å². The second kappa shape index (κ2) is 4.25. The number of aliphatic hydroxyl groups is 1. The van der Waals surface area contributed by atoms with Crippen LogP contribution in [0.2, 0.25) is 0 Å². The fraction of sp³-hybridized carbons (Fsp3) is 0.889. The standard InChI is InChI=1S/C9H16N2O3/c12-7-5-11(14-6-7)8-3-1-2-4-10-9(8)13/h7-8,12H,1-6H2,(H,10,13)/t7-,8?/m1/s1. The van der Waals surface area contributed by atoms with Crippen LogP contribution in [0.1, 0.15) is 19.3 Å². The minimum Gasteiger partial charge on any atom is -0.389 e. The predicted octanol–water partition coefficient (Wildman–Crippen LogP) is -0.737. The molecule has 5 heteroatoms. The molecule has 2 aliphatic rings. The molecule has 2 atom stereocenters. The van der Waals surface area contributed by atoms with E-state index in [2.05, 4.69) is 5.32 Å². The molecule has 0 spiro atoms. The summed E-state index contributed by atoms with van der Waals surface area (Å²) in [5, 5.41) is 13.7. The Kier molecular flexibility index (Phi) is 3.00. The average molecular weight is 200 g/mol. The monoisotopic (exact) mass is 200 g/mol. The molecule has 2 N–H and O–H groups in total. The zero-order valence-electron chi connectivity index (χ0n) is 8.11. The fourth-order valence-corrected chi connectivity index (χ4v) is 1.91. The summed E-state index contributed by atoms with van der Waals surface area (Å²) in [6.45, 7) is 1.51. The van der Waals surface area contributed by atoms with Gasteiger partial charge in [0, 0.05) is 6.54 Å². The van der Waals surface area contributed by atoms with E-state index in [9.17, 15) is 9.90 Å². The van der Waals surface area contributed by atoms with Gasteiger partial charge >= 0.3 is 0 Å². The van der Waals surface area contributed by atoms with Crippen LogP contribution in [-0.4, -0.2) is 47.9 Å². The van der Waals surface area contributed by atoms with Crippen molar-refractivity contribution in [2.45, 2.75) is 31.4 Å². The summed E-state index contributed by atoms with van der Waals surface area (Å²) in [6, 6.07) is -0.213. The number of hydrogen-bond acceptors (Lipinski definition) is 4. The zero-order valence-corrected chi connectivity index (χ0v) is 8.11. The summed E-state index contributed by atoms with van der Waals surface area (Å²) >= 11 is 0. The largest absolute Gasteiger partial charge is 0.389 e.